The normalized spacial score (nSPS) is 15.1. The molecule has 2 aliphatic rings. The number of halogens is 1. The molecule has 42 heavy (non-hydrogen) atoms. The SMILES string of the molecule is Cc1ccc(Cl)cc1NC(=O)CN1C(=O)S/C(=C\c2cn(CC(=O)Nc3ccc4c(c3)OCO4)c3ccccc23)C1=O. The number of imide groups is 1. The lowest BCUT2D eigenvalue weighted by atomic mass is 10.1. The van der Waals surface area contributed by atoms with Crippen LogP contribution in [-0.4, -0.2) is 45.8 Å². The number of ether oxygens (including phenoxy) is 2. The molecular weight excluding hydrogens is 580 g/mol. The van der Waals surface area contributed by atoms with E-state index in [0.717, 1.165) is 33.1 Å². The standard InChI is InChI=1S/C30H23ClN4O6S/c1-17-6-7-19(31)11-22(17)33-28(37)15-35-29(38)26(42-30(35)39)10-18-13-34(23-5-3-2-4-21(18)23)14-27(36)32-20-8-9-24-25(12-20)41-16-40-24/h2-13H,14-16H2,1H3,(H,32,36)(H,33,37)/b26-10-. The molecule has 1 aromatic heterocycles. The molecule has 0 spiro atoms. The number of carbonyl (C=O) groups excluding carboxylic acids is 4. The second-order valence-corrected chi connectivity index (χ2v) is 11.1. The van der Waals surface area contributed by atoms with Crippen LogP contribution >= 0.6 is 23.4 Å². The van der Waals surface area contributed by atoms with Gasteiger partial charge < -0.3 is 24.7 Å². The molecule has 0 aliphatic carbocycles. The van der Waals surface area contributed by atoms with Crippen molar-refractivity contribution in [3.63, 3.8) is 0 Å². The summed E-state index contributed by atoms with van der Waals surface area (Å²) in [6, 6.07) is 17.7. The highest BCUT2D eigenvalue weighted by Crippen LogP contribution is 2.35. The average molecular weight is 603 g/mol. The Morgan fingerprint density at radius 3 is 2.62 bits per heavy atom. The summed E-state index contributed by atoms with van der Waals surface area (Å²) < 4.78 is 12.5. The van der Waals surface area contributed by atoms with Crippen molar-refractivity contribution in [1.29, 1.82) is 0 Å². The van der Waals surface area contributed by atoms with Crippen molar-refractivity contribution in [3.8, 4) is 11.5 Å². The number of hydrogen-bond donors (Lipinski definition) is 2. The number of nitrogens with one attached hydrogen (secondary N) is 2. The number of fused-ring (bicyclic) bond motifs is 2. The van der Waals surface area contributed by atoms with Crippen LogP contribution in [0.25, 0.3) is 17.0 Å². The highest BCUT2D eigenvalue weighted by atomic mass is 35.5. The number of para-hydroxylation sites is 1. The Hall–Kier alpha value is -4.74. The van der Waals surface area contributed by atoms with Crippen LogP contribution in [-0.2, 0) is 20.9 Å². The minimum absolute atomic E-state index is 0.00731. The zero-order valence-corrected chi connectivity index (χ0v) is 23.8. The second kappa shape index (κ2) is 11.3. The summed E-state index contributed by atoms with van der Waals surface area (Å²) in [4.78, 5) is 52.5. The fourth-order valence-corrected chi connectivity index (χ4v) is 5.69. The van der Waals surface area contributed by atoms with Crippen LogP contribution in [0.5, 0.6) is 11.5 Å². The van der Waals surface area contributed by atoms with Crippen LogP contribution < -0.4 is 20.1 Å². The van der Waals surface area contributed by atoms with Crippen molar-refractivity contribution >= 4 is 74.7 Å². The van der Waals surface area contributed by atoms with Crippen LogP contribution in [0.4, 0.5) is 16.2 Å². The van der Waals surface area contributed by atoms with Gasteiger partial charge in [0.15, 0.2) is 11.5 Å². The predicted octanol–water partition coefficient (Wildman–Crippen LogP) is 5.65. The number of benzene rings is 3. The first-order chi connectivity index (χ1) is 20.2. The van der Waals surface area contributed by atoms with E-state index in [1.54, 1.807) is 53.2 Å². The summed E-state index contributed by atoms with van der Waals surface area (Å²) in [7, 11) is 0. The van der Waals surface area contributed by atoms with Gasteiger partial charge in [-0.2, -0.15) is 0 Å². The van der Waals surface area contributed by atoms with Gasteiger partial charge in [-0.3, -0.25) is 24.1 Å². The van der Waals surface area contributed by atoms with Gasteiger partial charge in [-0.05, 0) is 60.7 Å². The first-order valence-corrected chi connectivity index (χ1v) is 14.0. The highest BCUT2D eigenvalue weighted by Gasteiger charge is 2.36. The van der Waals surface area contributed by atoms with E-state index in [1.165, 1.54) is 0 Å². The number of amides is 4. The molecule has 4 amide bonds. The highest BCUT2D eigenvalue weighted by molar-refractivity contribution is 8.18. The molecule has 0 radical (unpaired) electrons. The number of rotatable bonds is 7. The maximum absolute atomic E-state index is 13.2. The first-order valence-electron chi connectivity index (χ1n) is 12.8. The molecule has 3 aromatic carbocycles. The van der Waals surface area contributed by atoms with E-state index in [9.17, 15) is 19.2 Å². The molecule has 4 aromatic rings. The molecule has 1 fully saturated rings. The molecule has 6 rings (SSSR count). The van der Waals surface area contributed by atoms with E-state index < -0.39 is 23.6 Å². The number of carbonyl (C=O) groups is 4. The fourth-order valence-electron chi connectivity index (χ4n) is 4.69. The molecule has 0 unspecified atom stereocenters. The predicted molar refractivity (Wildman–Crippen MR) is 161 cm³/mol. The lowest BCUT2D eigenvalue weighted by molar-refractivity contribution is -0.127. The molecular formula is C30H23ClN4O6S. The van der Waals surface area contributed by atoms with Gasteiger partial charge >= 0.3 is 0 Å². The molecule has 212 valence electrons. The van der Waals surface area contributed by atoms with Gasteiger partial charge in [0.05, 0.1) is 4.91 Å². The molecule has 0 atom stereocenters. The summed E-state index contributed by atoms with van der Waals surface area (Å²) >= 11 is 6.79. The van der Waals surface area contributed by atoms with Crippen molar-refractivity contribution < 1.29 is 28.7 Å². The molecule has 10 nitrogen and oxygen atoms in total. The Bertz CT molecular complexity index is 1820. The fraction of sp³-hybridized carbons (Fsp3) is 0.133. The van der Waals surface area contributed by atoms with Gasteiger partial charge in [0, 0.05) is 45.1 Å². The first kappa shape index (κ1) is 27.4. The Balaban J connectivity index is 1.18. The molecule has 0 saturated carbocycles. The van der Waals surface area contributed by atoms with Crippen molar-refractivity contribution in [1.82, 2.24) is 9.47 Å². The lowest BCUT2D eigenvalue weighted by Gasteiger charge is -2.13. The number of hydrogen-bond acceptors (Lipinski definition) is 7. The Labute approximate surface area is 249 Å². The van der Waals surface area contributed by atoms with Crippen LogP contribution in [0.3, 0.4) is 0 Å². The summed E-state index contributed by atoms with van der Waals surface area (Å²) in [5, 5.41) is 6.28. The van der Waals surface area contributed by atoms with Gasteiger partial charge in [-0.25, -0.2) is 0 Å². The third kappa shape index (κ3) is 5.56. The van der Waals surface area contributed by atoms with E-state index in [0.29, 0.717) is 33.5 Å². The van der Waals surface area contributed by atoms with E-state index in [2.05, 4.69) is 10.6 Å². The zero-order valence-electron chi connectivity index (χ0n) is 22.2. The molecule has 1 saturated heterocycles. The second-order valence-electron chi connectivity index (χ2n) is 9.62. The Morgan fingerprint density at radius 2 is 1.76 bits per heavy atom. The minimum atomic E-state index is -0.569. The quantitative estimate of drug-likeness (QED) is 0.263. The van der Waals surface area contributed by atoms with Crippen LogP contribution in [0.15, 0.2) is 71.8 Å². The van der Waals surface area contributed by atoms with Crippen molar-refractivity contribution in [2.24, 2.45) is 0 Å². The largest absolute Gasteiger partial charge is 0.454 e. The monoisotopic (exact) mass is 602 g/mol. The number of aryl methyl sites for hydroxylation is 1. The van der Waals surface area contributed by atoms with Gasteiger partial charge in [-0.1, -0.05) is 35.9 Å². The summed E-state index contributed by atoms with van der Waals surface area (Å²) in [5.41, 5.74) is 3.31. The van der Waals surface area contributed by atoms with E-state index in [4.69, 9.17) is 21.1 Å². The number of thioether (sulfide) groups is 1. The lowest BCUT2D eigenvalue weighted by Crippen LogP contribution is -2.36. The minimum Gasteiger partial charge on any atom is -0.454 e. The van der Waals surface area contributed by atoms with Crippen LogP contribution in [0.2, 0.25) is 5.02 Å². The summed E-state index contributed by atoms with van der Waals surface area (Å²) in [5.74, 6) is -0.167. The van der Waals surface area contributed by atoms with E-state index >= 15 is 0 Å². The van der Waals surface area contributed by atoms with Crippen molar-refractivity contribution in [2.75, 3.05) is 24.0 Å². The van der Waals surface area contributed by atoms with Crippen LogP contribution in [0, 0.1) is 6.92 Å². The average Bonchev–Trinajstić information content (AvgIpc) is 3.64. The summed E-state index contributed by atoms with van der Waals surface area (Å²) in [6.07, 6.45) is 3.37. The topological polar surface area (TPSA) is 119 Å². The number of anilines is 2. The zero-order chi connectivity index (χ0) is 29.4. The van der Waals surface area contributed by atoms with Gasteiger partial charge in [0.1, 0.15) is 13.1 Å². The number of nitrogens with zero attached hydrogens (tertiary/aromatic N) is 2. The van der Waals surface area contributed by atoms with E-state index in [1.807, 2.05) is 31.2 Å². The van der Waals surface area contributed by atoms with Crippen molar-refractivity contribution in [3.05, 3.63) is 87.9 Å². The molecule has 0 bridgehead atoms. The smallest absolute Gasteiger partial charge is 0.294 e. The van der Waals surface area contributed by atoms with Gasteiger partial charge in [0.25, 0.3) is 11.1 Å². The molecule has 3 heterocycles. The van der Waals surface area contributed by atoms with Crippen molar-refractivity contribution in [2.45, 2.75) is 13.5 Å². The third-order valence-corrected chi connectivity index (χ3v) is 7.87. The van der Waals surface area contributed by atoms with Crippen LogP contribution in [0.1, 0.15) is 11.1 Å². The molecule has 2 aliphatic heterocycles. The Kier molecular flexibility index (Phi) is 7.36. The number of aromatic nitrogens is 1. The molecule has 2 N–H and O–H groups in total. The maximum atomic E-state index is 13.2. The van der Waals surface area contributed by atoms with Gasteiger partial charge in [0.2, 0.25) is 18.6 Å². The maximum Gasteiger partial charge on any atom is 0.294 e. The van der Waals surface area contributed by atoms with E-state index in [-0.39, 0.29) is 24.2 Å². The Morgan fingerprint density at radius 1 is 0.976 bits per heavy atom. The summed E-state index contributed by atoms with van der Waals surface area (Å²) in [6.45, 7) is 1.52. The van der Waals surface area contributed by atoms with Gasteiger partial charge in [-0.15, -0.1) is 0 Å². The third-order valence-electron chi connectivity index (χ3n) is 6.73. The molecule has 12 heteroatoms.